The van der Waals surface area contributed by atoms with E-state index in [9.17, 15) is 13.7 Å². The Hall–Kier alpha value is -2.03. The molecule has 0 aromatic carbocycles. The van der Waals surface area contributed by atoms with Crippen LogP contribution in [0.2, 0.25) is 0 Å². The SMILES string of the molecule is N#CC1(Nc2cc(N3CCN(C4CS(=O)(=O)C4)CC3)ncn2)NC=CS1. The van der Waals surface area contributed by atoms with Gasteiger partial charge in [-0.05, 0) is 5.41 Å². The van der Waals surface area contributed by atoms with Gasteiger partial charge in [0.1, 0.15) is 24.0 Å². The van der Waals surface area contributed by atoms with Gasteiger partial charge >= 0.3 is 0 Å². The number of nitriles is 1. The zero-order valence-electron chi connectivity index (χ0n) is 14.0. The molecule has 1 aromatic rings. The van der Waals surface area contributed by atoms with E-state index in [1.807, 2.05) is 11.5 Å². The molecular weight excluding hydrogens is 374 g/mol. The van der Waals surface area contributed by atoms with Gasteiger partial charge in [0, 0.05) is 44.5 Å². The van der Waals surface area contributed by atoms with Crippen LogP contribution in [0.3, 0.4) is 0 Å². The number of hydrogen-bond acceptors (Lipinski definition) is 10. The van der Waals surface area contributed by atoms with Crippen molar-refractivity contribution in [3.8, 4) is 6.07 Å². The molecule has 1 unspecified atom stereocenters. The number of nitrogens with one attached hydrogen (secondary N) is 2. The van der Waals surface area contributed by atoms with Crippen molar-refractivity contribution in [2.75, 3.05) is 47.9 Å². The van der Waals surface area contributed by atoms with Crippen molar-refractivity contribution >= 4 is 33.2 Å². The van der Waals surface area contributed by atoms with Crippen molar-refractivity contribution in [2.45, 2.75) is 11.0 Å². The third-order valence-corrected chi connectivity index (χ3v) is 7.48. The molecule has 9 nitrogen and oxygen atoms in total. The van der Waals surface area contributed by atoms with Crippen LogP contribution in [0, 0.1) is 11.3 Å². The first-order chi connectivity index (χ1) is 12.5. The first-order valence-electron chi connectivity index (χ1n) is 8.30. The summed E-state index contributed by atoms with van der Waals surface area (Å²) in [7, 11) is -2.79. The first-order valence-corrected chi connectivity index (χ1v) is 11.0. The van der Waals surface area contributed by atoms with Crippen molar-refractivity contribution < 1.29 is 8.42 Å². The van der Waals surface area contributed by atoms with Crippen LogP contribution in [-0.4, -0.2) is 72.0 Å². The zero-order valence-corrected chi connectivity index (χ0v) is 15.6. The van der Waals surface area contributed by atoms with E-state index in [2.05, 4.69) is 36.5 Å². The molecule has 0 amide bonds. The predicted octanol–water partition coefficient (Wildman–Crippen LogP) is -0.208. The molecule has 4 heterocycles. The number of anilines is 2. The van der Waals surface area contributed by atoms with Crippen LogP contribution < -0.4 is 15.5 Å². The normalized spacial score (nSPS) is 28.2. The Morgan fingerprint density at radius 1 is 1.31 bits per heavy atom. The lowest BCUT2D eigenvalue weighted by Gasteiger charge is -2.42. The fourth-order valence-corrected chi connectivity index (χ4v) is 5.50. The maximum absolute atomic E-state index is 11.4. The van der Waals surface area contributed by atoms with Crippen LogP contribution in [-0.2, 0) is 9.84 Å². The van der Waals surface area contributed by atoms with Gasteiger partial charge in [-0.2, -0.15) is 5.26 Å². The van der Waals surface area contributed by atoms with E-state index in [1.165, 1.54) is 18.1 Å². The van der Waals surface area contributed by atoms with Gasteiger partial charge in [-0.1, -0.05) is 11.8 Å². The summed E-state index contributed by atoms with van der Waals surface area (Å²) in [5.41, 5.74) is 0. The number of thioether (sulfide) groups is 1. The number of rotatable bonds is 4. The van der Waals surface area contributed by atoms with Crippen molar-refractivity contribution in [3.05, 3.63) is 24.0 Å². The molecule has 2 saturated heterocycles. The second-order valence-corrected chi connectivity index (χ2v) is 9.77. The van der Waals surface area contributed by atoms with Crippen molar-refractivity contribution in [1.29, 1.82) is 5.26 Å². The molecule has 11 heteroatoms. The van der Waals surface area contributed by atoms with E-state index in [1.54, 1.807) is 6.20 Å². The monoisotopic (exact) mass is 393 g/mol. The van der Waals surface area contributed by atoms with Gasteiger partial charge < -0.3 is 15.5 Å². The average molecular weight is 393 g/mol. The summed E-state index contributed by atoms with van der Waals surface area (Å²) in [6.45, 7) is 3.20. The molecule has 2 fully saturated rings. The molecule has 26 heavy (non-hydrogen) atoms. The van der Waals surface area contributed by atoms with E-state index >= 15 is 0 Å². The van der Waals surface area contributed by atoms with Crippen molar-refractivity contribution in [1.82, 2.24) is 20.2 Å². The zero-order chi connectivity index (χ0) is 18.2. The third kappa shape index (κ3) is 3.44. The summed E-state index contributed by atoms with van der Waals surface area (Å²) >= 11 is 1.34. The Kier molecular flexibility index (Phi) is 4.42. The summed E-state index contributed by atoms with van der Waals surface area (Å²) in [6.07, 6.45) is 3.21. The van der Waals surface area contributed by atoms with Gasteiger partial charge in [-0.3, -0.25) is 4.90 Å². The number of hydrogen-bond donors (Lipinski definition) is 2. The van der Waals surface area contributed by atoms with Crippen LogP contribution in [0.4, 0.5) is 11.6 Å². The first kappa shape index (κ1) is 17.4. The second-order valence-electron chi connectivity index (χ2n) is 6.50. The lowest BCUT2D eigenvalue weighted by atomic mass is 10.2. The minimum Gasteiger partial charge on any atom is -0.354 e. The molecule has 0 saturated carbocycles. The van der Waals surface area contributed by atoms with E-state index in [0.29, 0.717) is 5.82 Å². The highest BCUT2D eigenvalue weighted by atomic mass is 32.2. The molecule has 138 valence electrons. The smallest absolute Gasteiger partial charge is 0.252 e. The summed E-state index contributed by atoms with van der Waals surface area (Å²) in [4.78, 5) is 12.0. The Morgan fingerprint density at radius 2 is 2.08 bits per heavy atom. The van der Waals surface area contributed by atoms with Gasteiger partial charge in [-0.15, -0.1) is 0 Å². The summed E-state index contributed by atoms with van der Waals surface area (Å²) in [5.74, 6) is 1.94. The summed E-state index contributed by atoms with van der Waals surface area (Å²) < 4.78 is 22.7. The quantitative estimate of drug-likeness (QED) is 0.712. The molecule has 0 spiro atoms. The van der Waals surface area contributed by atoms with Gasteiger partial charge in [-0.25, -0.2) is 18.4 Å². The Morgan fingerprint density at radius 3 is 2.69 bits per heavy atom. The highest BCUT2D eigenvalue weighted by molar-refractivity contribution is 8.04. The minimum atomic E-state index is -2.79. The van der Waals surface area contributed by atoms with Gasteiger partial charge in [0.25, 0.3) is 4.99 Å². The Bertz CT molecular complexity index is 839. The number of aromatic nitrogens is 2. The molecular formula is C15H19N7O2S2. The van der Waals surface area contributed by atoms with Gasteiger partial charge in [0.05, 0.1) is 11.5 Å². The Balaban J connectivity index is 1.38. The maximum atomic E-state index is 11.4. The molecule has 0 radical (unpaired) electrons. The Labute approximate surface area is 156 Å². The molecule has 1 aromatic heterocycles. The third-order valence-electron chi connectivity index (χ3n) is 4.76. The predicted molar refractivity (Wildman–Crippen MR) is 100 cm³/mol. The van der Waals surface area contributed by atoms with E-state index < -0.39 is 14.8 Å². The molecule has 2 N–H and O–H groups in total. The van der Waals surface area contributed by atoms with E-state index in [4.69, 9.17) is 0 Å². The molecule has 0 bridgehead atoms. The fraction of sp³-hybridized carbons (Fsp3) is 0.533. The maximum Gasteiger partial charge on any atom is 0.252 e. The van der Waals surface area contributed by atoms with Crippen LogP contribution in [0.5, 0.6) is 0 Å². The standard InChI is InChI=1S/C15H19N7O2S2/c16-10-15(19-1-6-25-15)20-13-7-14(18-11-17-13)22-4-2-21(3-5-22)12-8-26(23,24)9-12/h1,6-7,11-12,19H,2-5,8-9H2,(H,17,18,20). The lowest BCUT2D eigenvalue weighted by Crippen LogP contribution is -2.59. The van der Waals surface area contributed by atoms with Crippen molar-refractivity contribution in [3.63, 3.8) is 0 Å². The number of nitrogens with zero attached hydrogens (tertiary/aromatic N) is 5. The lowest BCUT2D eigenvalue weighted by molar-refractivity contribution is 0.201. The highest BCUT2D eigenvalue weighted by Gasteiger charge is 2.38. The summed E-state index contributed by atoms with van der Waals surface area (Å²) in [6, 6.07) is 4.21. The number of sulfone groups is 1. The van der Waals surface area contributed by atoms with Crippen molar-refractivity contribution in [2.24, 2.45) is 0 Å². The van der Waals surface area contributed by atoms with Crippen LogP contribution >= 0.6 is 11.8 Å². The molecule has 3 aliphatic heterocycles. The van der Waals surface area contributed by atoms with Crippen LogP contribution in [0.15, 0.2) is 24.0 Å². The molecule has 4 rings (SSSR count). The minimum absolute atomic E-state index is 0.165. The molecule has 0 aliphatic carbocycles. The van der Waals surface area contributed by atoms with Gasteiger partial charge in [0.15, 0.2) is 9.84 Å². The van der Waals surface area contributed by atoms with Gasteiger partial charge in [0.2, 0.25) is 0 Å². The topological polar surface area (TPSA) is 114 Å². The van der Waals surface area contributed by atoms with E-state index in [-0.39, 0.29) is 17.5 Å². The largest absolute Gasteiger partial charge is 0.354 e. The summed E-state index contributed by atoms with van der Waals surface area (Å²) in [5, 5.41) is 17.3. The molecule has 3 aliphatic rings. The average Bonchev–Trinajstić information content (AvgIpc) is 3.09. The number of piperazine rings is 1. The second kappa shape index (κ2) is 6.61. The highest BCUT2D eigenvalue weighted by Crippen LogP contribution is 2.29. The van der Waals surface area contributed by atoms with E-state index in [0.717, 1.165) is 32.0 Å². The van der Waals surface area contributed by atoms with Crippen LogP contribution in [0.25, 0.3) is 0 Å². The molecule has 1 atom stereocenters. The van der Waals surface area contributed by atoms with Crippen LogP contribution in [0.1, 0.15) is 0 Å². The fourth-order valence-electron chi connectivity index (χ4n) is 3.31.